The van der Waals surface area contributed by atoms with Crippen LogP contribution in [-0.2, 0) is 6.54 Å². The highest BCUT2D eigenvalue weighted by Gasteiger charge is 2.10. The first kappa shape index (κ1) is 16.0. The van der Waals surface area contributed by atoms with Gasteiger partial charge in [-0.15, -0.1) is 35.1 Å². The molecule has 0 atom stereocenters. The first-order valence-electron chi connectivity index (χ1n) is 6.52. The van der Waals surface area contributed by atoms with E-state index in [1.54, 1.807) is 22.7 Å². The van der Waals surface area contributed by atoms with E-state index in [1.807, 2.05) is 6.07 Å². The number of halogens is 1. The predicted molar refractivity (Wildman–Crippen MR) is 95.9 cm³/mol. The van der Waals surface area contributed by atoms with Gasteiger partial charge in [0.25, 0.3) is 0 Å². The standard InChI is InChI=1S/C16H16N2S2.ClH/c1-11-12(2)19-9-14(11)15-10-20-16(18-15)17-8-13-6-4-3-5-7-13;/h3-7,9-10H,8H2,1-2H3,(H,17,18);1H. The quantitative estimate of drug-likeness (QED) is 0.678. The highest BCUT2D eigenvalue weighted by atomic mass is 35.5. The zero-order valence-corrected chi connectivity index (χ0v) is 14.4. The lowest BCUT2D eigenvalue weighted by Crippen LogP contribution is -1.98. The summed E-state index contributed by atoms with van der Waals surface area (Å²) in [4.78, 5) is 6.05. The third-order valence-electron chi connectivity index (χ3n) is 3.35. The molecule has 0 saturated heterocycles. The van der Waals surface area contributed by atoms with Gasteiger partial charge < -0.3 is 5.32 Å². The number of rotatable bonds is 4. The first-order chi connectivity index (χ1) is 9.74. The van der Waals surface area contributed by atoms with Crippen LogP contribution in [0.25, 0.3) is 11.3 Å². The minimum Gasteiger partial charge on any atom is -0.357 e. The normalized spacial score (nSPS) is 10.2. The van der Waals surface area contributed by atoms with Crippen LogP contribution in [-0.4, -0.2) is 4.98 Å². The van der Waals surface area contributed by atoms with Gasteiger partial charge >= 0.3 is 0 Å². The van der Waals surface area contributed by atoms with Gasteiger partial charge in [0.1, 0.15) is 0 Å². The SMILES string of the molecule is Cc1scc(-c2csc(NCc3ccccc3)n2)c1C.Cl. The molecule has 1 N–H and O–H groups in total. The molecule has 0 aliphatic rings. The van der Waals surface area contributed by atoms with Gasteiger partial charge in [0, 0.05) is 27.7 Å². The second-order valence-corrected chi connectivity index (χ2v) is 6.65. The molecule has 0 amide bonds. The van der Waals surface area contributed by atoms with Crippen molar-refractivity contribution in [2.24, 2.45) is 0 Å². The monoisotopic (exact) mass is 336 g/mol. The van der Waals surface area contributed by atoms with Gasteiger partial charge in [-0.3, -0.25) is 0 Å². The van der Waals surface area contributed by atoms with Crippen molar-refractivity contribution in [3.63, 3.8) is 0 Å². The number of nitrogens with zero attached hydrogens (tertiary/aromatic N) is 1. The summed E-state index contributed by atoms with van der Waals surface area (Å²) in [6.07, 6.45) is 0. The zero-order chi connectivity index (χ0) is 13.9. The average Bonchev–Trinajstić information content (AvgIpc) is 3.06. The van der Waals surface area contributed by atoms with Gasteiger partial charge in [-0.05, 0) is 25.0 Å². The van der Waals surface area contributed by atoms with Crippen molar-refractivity contribution >= 4 is 40.2 Å². The van der Waals surface area contributed by atoms with Crippen LogP contribution in [0.4, 0.5) is 5.13 Å². The van der Waals surface area contributed by atoms with E-state index in [9.17, 15) is 0 Å². The number of hydrogen-bond donors (Lipinski definition) is 1. The lowest BCUT2D eigenvalue weighted by Gasteiger charge is -2.02. The molecule has 3 rings (SSSR count). The molecule has 21 heavy (non-hydrogen) atoms. The van der Waals surface area contributed by atoms with Crippen molar-refractivity contribution in [3.05, 3.63) is 57.1 Å². The van der Waals surface area contributed by atoms with Crippen LogP contribution in [0.5, 0.6) is 0 Å². The Balaban J connectivity index is 0.00000161. The fraction of sp³-hybridized carbons (Fsp3) is 0.188. The van der Waals surface area contributed by atoms with E-state index in [0.717, 1.165) is 17.4 Å². The summed E-state index contributed by atoms with van der Waals surface area (Å²) < 4.78 is 0. The molecule has 0 saturated carbocycles. The second kappa shape index (κ2) is 7.07. The Kier molecular flexibility index (Phi) is 5.39. The fourth-order valence-corrected chi connectivity index (χ4v) is 3.61. The summed E-state index contributed by atoms with van der Waals surface area (Å²) in [5.74, 6) is 0. The molecule has 0 aliphatic carbocycles. The van der Waals surface area contributed by atoms with Crippen molar-refractivity contribution in [3.8, 4) is 11.3 Å². The summed E-state index contributed by atoms with van der Waals surface area (Å²) in [5.41, 5.74) is 4.95. The van der Waals surface area contributed by atoms with Gasteiger partial charge in [-0.25, -0.2) is 4.98 Å². The summed E-state index contributed by atoms with van der Waals surface area (Å²) in [6.45, 7) is 5.14. The number of benzene rings is 1. The third-order valence-corrected chi connectivity index (χ3v) is 5.17. The predicted octanol–water partition coefficient (Wildman–Crippen LogP) is 5.52. The minimum absolute atomic E-state index is 0. The largest absolute Gasteiger partial charge is 0.357 e. The Morgan fingerprint density at radius 1 is 1.05 bits per heavy atom. The maximum atomic E-state index is 4.68. The summed E-state index contributed by atoms with van der Waals surface area (Å²) in [6, 6.07) is 10.4. The van der Waals surface area contributed by atoms with Crippen molar-refractivity contribution in [1.82, 2.24) is 4.98 Å². The van der Waals surface area contributed by atoms with Crippen LogP contribution in [0.2, 0.25) is 0 Å². The van der Waals surface area contributed by atoms with Crippen molar-refractivity contribution in [1.29, 1.82) is 0 Å². The fourth-order valence-electron chi connectivity index (χ4n) is 2.02. The van der Waals surface area contributed by atoms with Crippen LogP contribution >= 0.6 is 35.1 Å². The number of thiazole rings is 1. The molecular formula is C16H17ClN2S2. The molecule has 2 heterocycles. The van der Waals surface area contributed by atoms with E-state index in [4.69, 9.17) is 0 Å². The van der Waals surface area contributed by atoms with Crippen molar-refractivity contribution < 1.29 is 0 Å². The highest BCUT2D eigenvalue weighted by molar-refractivity contribution is 7.14. The van der Waals surface area contributed by atoms with Gasteiger partial charge in [-0.1, -0.05) is 30.3 Å². The van der Waals surface area contributed by atoms with Crippen LogP contribution in [0, 0.1) is 13.8 Å². The molecule has 0 radical (unpaired) electrons. The van der Waals surface area contributed by atoms with Crippen LogP contribution in [0.1, 0.15) is 16.0 Å². The molecule has 0 aliphatic heterocycles. The zero-order valence-electron chi connectivity index (χ0n) is 11.9. The first-order valence-corrected chi connectivity index (χ1v) is 8.28. The minimum atomic E-state index is 0. The smallest absolute Gasteiger partial charge is 0.183 e. The average molecular weight is 337 g/mol. The highest BCUT2D eigenvalue weighted by Crippen LogP contribution is 2.32. The molecule has 0 fully saturated rings. The van der Waals surface area contributed by atoms with Crippen LogP contribution < -0.4 is 5.32 Å². The van der Waals surface area contributed by atoms with Crippen LogP contribution in [0.3, 0.4) is 0 Å². The molecule has 5 heteroatoms. The molecule has 2 nitrogen and oxygen atoms in total. The number of aryl methyl sites for hydroxylation is 1. The summed E-state index contributed by atoms with van der Waals surface area (Å²) >= 11 is 3.45. The van der Waals surface area contributed by atoms with E-state index < -0.39 is 0 Å². The van der Waals surface area contributed by atoms with Crippen molar-refractivity contribution in [2.45, 2.75) is 20.4 Å². The summed E-state index contributed by atoms with van der Waals surface area (Å²) in [7, 11) is 0. The number of anilines is 1. The molecule has 110 valence electrons. The van der Waals surface area contributed by atoms with E-state index in [2.05, 4.69) is 59.2 Å². The van der Waals surface area contributed by atoms with Crippen molar-refractivity contribution in [2.75, 3.05) is 5.32 Å². The van der Waals surface area contributed by atoms with Gasteiger partial charge in [0.15, 0.2) is 5.13 Å². The molecule has 2 aromatic heterocycles. The number of hydrogen-bond acceptors (Lipinski definition) is 4. The third kappa shape index (κ3) is 3.64. The second-order valence-electron chi connectivity index (χ2n) is 4.71. The molecule has 0 spiro atoms. The Labute approximate surface area is 139 Å². The number of aromatic nitrogens is 1. The Bertz CT molecular complexity index is 704. The van der Waals surface area contributed by atoms with Gasteiger partial charge in [-0.2, -0.15) is 0 Å². The van der Waals surface area contributed by atoms with E-state index in [-0.39, 0.29) is 12.4 Å². The maximum absolute atomic E-state index is 4.68. The maximum Gasteiger partial charge on any atom is 0.183 e. The van der Waals surface area contributed by atoms with E-state index in [0.29, 0.717) is 0 Å². The van der Waals surface area contributed by atoms with Gasteiger partial charge in [0.05, 0.1) is 5.69 Å². The Morgan fingerprint density at radius 3 is 2.48 bits per heavy atom. The molecular weight excluding hydrogens is 320 g/mol. The topological polar surface area (TPSA) is 24.9 Å². The number of nitrogens with one attached hydrogen (secondary N) is 1. The molecule has 1 aromatic carbocycles. The van der Waals surface area contributed by atoms with E-state index >= 15 is 0 Å². The molecule has 3 aromatic rings. The number of thiophene rings is 1. The summed E-state index contributed by atoms with van der Waals surface area (Å²) in [5, 5.41) is 8.69. The van der Waals surface area contributed by atoms with E-state index in [1.165, 1.54) is 21.6 Å². The molecule has 0 bridgehead atoms. The lowest BCUT2D eigenvalue weighted by molar-refractivity contribution is 1.13. The van der Waals surface area contributed by atoms with Gasteiger partial charge in [0.2, 0.25) is 0 Å². The molecule has 0 unspecified atom stereocenters. The Hall–Kier alpha value is -1.36. The van der Waals surface area contributed by atoms with Crippen LogP contribution in [0.15, 0.2) is 41.1 Å². The lowest BCUT2D eigenvalue weighted by atomic mass is 10.1. The Morgan fingerprint density at radius 2 is 1.81 bits per heavy atom.